The van der Waals surface area contributed by atoms with Crippen molar-refractivity contribution in [1.29, 1.82) is 0 Å². The van der Waals surface area contributed by atoms with Crippen LogP contribution in [0, 0.1) is 0 Å². The maximum atomic E-state index is 12.5. The monoisotopic (exact) mass is 732 g/mol. The third kappa shape index (κ3) is 11.8. The molecule has 284 valence electrons. The Bertz CT molecular complexity index is 1490. The van der Waals surface area contributed by atoms with Gasteiger partial charge in [0, 0.05) is 34.6 Å². The molecule has 10 atom stereocenters. The van der Waals surface area contributed by atoms with Gasteiger partial charge in [0.2, 0.25) is 0 Å². The summed E-state index contributed by atoms with van der Waals surface area (Å²) in [6, 6.07) is 18.2. The van der Waals surface area contributed by atoms with Crippen LogP contribution in [0.15, 0.2) is 60.7 Å². The van der Waals surface area contributed by atoms with Crippen molar-refractivity contribution in [3.05, 3.63) is 71.8 Å². The molecule has 0 aromatic heterocycles. The Kier molecular flexibility index (Phi) is 15.0. The van der Waals surface area contributed by atoms with Gasteiger partial charge in [-0.15, -0.1) is 0 Å². The highest BCUT2D eigenvalue weighted by atomic mass is 16.8. The van der Waals surface area contributed by atoms with Gasteiger partial charge >= 0.3 is 29.8 Å². The van der Waals surface area contributed by atoms with Gasteiger partial charge in [-0.05, 0) is 11.1 Å². The number of carbonyl (C=O) groups is 5. The van der Waals surface area contributed by atoms with Crippen LogP contribution in [0.4, 0.5) is 0 Å². The number of ether oxygens (including phenoxy) is 10. The van der Waals surface area contributed by atoms with Gasteiger partial charge in [-0.2, -0.15) is 0 Å². The van der Waals surface area contributed by atoms with Gasteiger partial charge in [0.15, 0.2) is 30.9 Å². The van der Waals surface area contributed by atoms with Crippen molar-refractivity contribution in [2.45, 2.75) is 109 Å². The second-order valence-electron chi connectivity index (χ2n) is 12.1. The van der Waals surface area contributed by atoms with Crippen LogP contribution < -0.4 is 0 Å². The molecule has 16 nitrogen and oxygen atoms in total. The van der Waals surface area contributed by atoms with Crippen molar-refractivity contribution >= 4 is 29.8 Å². The lowest BCUT2D eigenvalue weighted by Gasteiger charge is -2.48. The Balaban J connectivity index is 1.81. The van der Waals surface area contributed by atoms with Crippen LogP contribution in [-0.4, -0.2) is 110 Å². The molecule has 1 N–H and O–H groups in total. The van der Waals surface area contributed by atoms with Gasteiger partial charge < -0.3 is 52.5 Å². The molecule has 2 heterocycles. The molecule has 52 heavy (non-hydrogen) atoms. The van der Waals surface area contributed by atoms with Gasteiger partial charge in [-0.25, -0.2) is 0 Å². The minimum atomic E-state index is -1.84. The summed E-state index contributed by atoms with van der Waals surface area (Å²) < 4.78 is 58.5. The number of aliphatic hydroxyl groups excluding tert-OH is 1. The largest absolute Gasteiger partial charge is 0.463 e. The molecule has 4 rings (SSSR count). The van der Waals surface area contributed by atoms with E-state index in [-0.39, 0.29) is 13.2 Å². The van der Waals surface area contributed by atoms with Gasteiger partial charge in [0.1, 0.15) is 43.7 Å². The first-order valence-electron chi connectivity index (χ1n) is 16.6. The standard InChI is InChI=1S/C36H44O16/c1-20(37)43-18-27-30(32(48-23(4)40)33(35(42)50-27)49-24(5)41)52-36-34(46-17-26-14-10-7-11-15-26)31(45-16-25-12-8-6-9-13-25)29(47-22(3)39)28(51-36)19-44-21(2)38/h6-15,27-36,42H,16-19H2,1-5H3/t27-,28-,29-,30-,31+,32+,33-,34+,35?,36+/m1/s1. The van der Waals surface area contributed by atoms with Crippen molar-refractivity contribution in [2.75, 3.05) is 13.2 Å². The molecule has 0 bridgehead atoms. The van der Waals surface area contributed by atoms with Crippen LogP contribution in [0.1, 0.15) is 45.7 Å². The van der Waals surface area contributed by atoms with Gasteiger partial charge in [0.05, 0.1) is 13.2 Å². The first-order chi connectivity index (χ1) is 24.8. The summed E-state index contributed by atoms with van der Waals surface area (Å²) in [6.07, 6.45) is -14.0. The third-order valence-corrected chi connectivity index (χ3v) is 7.87. The quantitative estimate of drug-likeness (QED) is 0.206. The van der Waals surface area contributed by atoms with E-state index in [2.05, 4.69) is 0 Å². The Morgan fingerprint density at radius 3 is 1.46 bits per heavy atom. The number of hydrogen-bond acceptors (Lipinski definition) is 16. The first-order valence-corrected chi connectivity index (χ1v) is 16.6. The van der Waals surface area contributed by atoms with Gasteiger partial charge in [-0.3, -0.25) is 24.0 Å². The fraction of sp³-hybridized carbons (Fsp3) is 0.528. The van der Waals surface area contributed by atoms with E-state index in [0.717, 1.165) is 31.9 Å². The van der Waals surface area contributed by atoms with E-state index in [4.69, 9.17) is 47.4 Å². The lowest BCUT2D eigenvalue weighted by molar-refractivity contribution is -0.364. The highest BCUT2D eigenvalue weighted by Gasteiger charge is 2.56. The zero-order chi connectivity index (χ0) is 37.8. The second kappa shape index (κ2) is 19.4. The number of hydrogen-bond donors (Lipinski definition) is 1. The summed E-state index contributed by atoms with van der Waals surface area (Å²) in [5.41, 5.74) is 1.51. The van der Waals surface area contributed by atoms with Gasteiger partial charge in [0.25, 0.3) is 0 Å². The van der Waals surface area contributed by atoms with E-state index < -0.39 is 104 Å². The highest BCUT2D eigenvalue weighted by molar-refractivity contribution is 5.68. The SMILES string of the molecule is CC(=O)OC[C@H]1O[C@@H](O[C@H]2[C@H](OC(C)=O)[C@@H](OC(C)=O)C(O)O[C@@H]2COC(C)=O)[C@@H](OCc2ccccc2)[C@@H](OCc2ccccc2)[C@@H]1OC(C)=O. The molecule has 2 aromatic rings. The lowest BCUT2D eigenvalue weighted by atomic mass is 9.96. The first kappa shape index (κ1) is 40.3. The molecular weight excluding hydrogens is 688 g/mol. The molecule has 0 spiro atoms. The van der Waals surface area contributed by atoms with Crippen molar-refractivity contribution in [2.24, 2.45) is 0 Å². The molecule has 2 fully saturated rings. The minimum absolute atomic E-state index is 0.0124. The molecule has 16 heteroatoms. The Hall–Kier alpha value is -4.45. The van der Waals surface area contributed by atoms with Crippen LogP contribution in [0.5, 0.6) is 0 Å². The number of aliphatic hydroxyl groups is 1. The maximum absolute atomic E-state index is 12.5. The van der Waals surface area contributed by atoms with Crippen LogP contribution in [0.3, 0.4) is 0 Å². The predicted molar refractivity (Wildman–Crippen MR) is 174 cm³/mol. The van der Waals surface area contributed by atoms with E-state index in [1.807, 2.05) is 60.7 Å². The molecule has 1 unspecified atom stereocenters. The van der Waals surface area contributed by atoms with Gasteiger partial charge in [-0.1, -0.05) is 60.7 Å². The van der Waals surface area contributed by atoms with Crippen molar-refractivity contribution in [3.63, 3.8) is 0 Å². The summed E-state index contributed by atoms with van der Waals surface area (Å²) in [7, 11) is 0. The average Bonchev–Trinajstić information content (AvgIpc) is 3.08. The normalized spacial score (nSPS) is 28.6. The zero-order valence-electron chi connectivity index (χ0n) is 29.4. The topological polar surface area (TPSA) is 198 Å². The number of esters is 5. The van der Waals surface area contributed by atoms with Crippen LogP contribution >= 0.6 is 0 Å². The Morgan fingerprint density at radius 1 is 0.538 bits per heavy atom. The predicted octanol–water partition coefficient (Wildman–Crippen LogP) is 1.91. The molecule has 2 aliphatic rings. The third-order valence-electron chi connectivity index (χ3n) is 7.87. The molecule has 2 saturated heterocycles. The van der Waals surface area contributed by atoms with Crippen molar-refractivity contribution < 1.29 is 76.4 Å². The van der Waals surface area contributed by atoms with Crippen LogP contribution in [0.2, 0.25) is 0 Å². The summed E-state index contributed by atoms with van der Waals surface area (Å²) in [4.78, 5) is 60.8. The second-order valence-corrected chi connectivity index (χ2v) is 12.1. The average molecular weight is 733 g/mol. The van der Waals surface area contributed by atoms with E-state index in [9.17, 15) is 29.1 Å². The van der Waals surface area contributed by atoms with Crippen LogP contribution in [-0.2, 0) is 84.6 Å². The zero-order valence-corrected chi connectivity index (χ0v) is 29.4. The molecule has 0 amide bonds. The highest BCUT2D eigenvalue weighted by Crippen LogP contribution is 2.35. The lowest BCUT2D eigenvalue weighted by Crippen LogP contribution is -2.66. The number of carbonyl (C=O) groups excluding carboxylic acids is 5. The van der Waals surface area contributed by atoms with Crippen molar-refractivity contribution in [3.8, 4) is 0 Å². The molecule has 0 aliphatic carbocycles. The van der Waals surface area contributed by atoms with E-state index in [0.29, 0.717) is 0 Å². The summed E-state index contributed by atoms with van der Waals surface area (Å²) in [5, 5.41) is 10.9. The van der Waals surface area contributed by atoms with E-state index >= 15 is 0 Å². The summed E-state index contributed by atoms with van der Waals surface area (Å²) in [6.45, 7) is 4.82. The molecule has 0 saturated carbocycles. The Labute approximate surface area is 300 Å². The van der Waals surface area contributed by atoms with E-state index in [1.54, 1.807) is 0 Å². The number of benzene rings is 2. The molecule has 2 aromatic carbocycles. The molecule has 2 aliphatic heterocycles. The smallest absolute Gasteiger partial charge is 0.303 e. The fourth-order valence-electron chi connectivity index (χ4n) is 5.75. The maximum Gasteiger partial charge on any atom is 0.303 e. The summed E-state index contributed by atoms with van der Waals surface area (Å²) in [5.74, 6) is -3.70. The minimum Gasteiger partial charge on any atom is -0.463 e. The van der Waals surface area contributed by atoms with E-state index in [1.165, 1.54) is 13.8 Å². The fourth-order valence-corrected chi connectivity index (χ4v) is 5.75. The summed E-state index contributed by atoms with van der Waals surface area (Å²) >= 11 is 0. The number of rotatable bonds is 15. The molecular formula is C36H44O16. The van der Waals surface area contributed by atoms with Crippen LogP contribution in [0.25, 0.3) is 0 Å². The molecule has 0 radical (unpaired) electrons. The van der Waals surface area contributed by atoms with Crippen molar-refractivity contribution in [1.82, 2.24) is 0 Å². The Morgan fingerprint density at radius 2 is 0.981 bits per heavy atom.